The maximum atomic E-state index is 12.9. The number of nitrogens with zero attached hydrogens (tertiary/aromatic N) is 3. The van der Waals surface area contributed by atoms with Crippen molar-refractivity contribution in [3.8, 4) is 0 Å². The second-order valence-corrected chi connectivity index (χ2v) is 6.31. The van der Waals surface area contributed by atoms with Crippen molar-refractivity contribution >= 4 is 17.8 Å². The number of amides is 4. The number of urea groups is 1. The normalized spacial score (nSPS) is 29.9. The van der Waals surface area contributed by atoms with Crippen LogP contribution in [0.4, 0.5) is 4.79 Å². The van der Waals surface area contributed by atoms with Gasteiger partial charge in [-0.2, -0.15) is 0 Å². The van der Waals surface area contributed by atoms with Crippen molar-refractivity contribution < 1.29 is 14.4 Å². The lowest BCUT2D eigenvalue weighted by atomic mass is 10.00. The lowest BCUT2D eigenvalue weighted by Gasteiger charge is -2.24. The lowest BCUT2D eigenvalue weighted by Crippen LogP contribution is -2.40. The number of carbonyl (C=O) groups is 3. The highest BCUT2D eigenvalue weighted by atomic mass is 16.2. The average Bonchev–Trinajstić information content (AvgIpc) is 3.16. The molecule has 0 spiro atoms. The molecule has 6 nitrogen and oxygen atoms in total. The van der Waals surface area contributed by atoms with Gasteiger partial charge in [-0.25, -0.2) is 4.79 Å². The third-order valence-corrected chi connectivity index (χ3v) is 4.95. The highest BCUT2D eigenvalue weighted by Crippen LogP contribution is 2.38. The molecule has 2 saturated heterocycles. The molecule has 0 radical (unpaired) electrons. The van der Waals surface area contributed by atoms with Crippen molar-refractivity contribution in [2.75, 3.05) is 7.05 Å². The molecular formula is C17H21N3O3. The molecule has 4 amide bonds. The summed E-state index contributed by atoms with van der Waals surface area (Å²) in [6.45, 7) is 5.20. The second-order valence-electron chi connectivity index (χ2n) is 6.31. The number of rotatable bonds is 2. The molecule has 6 heteroatoms. The number of benzene rings is 1. The minimum absolute atomic E-state index is 0.117. The first kappa shape index (κ1) is 15.5. The highest BCUT2D eigenvalue weighted by molar-refractivity contribution is 6.03. The van der Waals surface area contributed by atoms with E-state index in [1.165, 1.54) is 16.7 Å². The lowest BCUT2D eigenvalue weighted by molar-refractivity contribution is -0.133. The molecule has 0 aliphatic carbocycles. The summed E-state index contributed by atoms with van der Waals surface area (Å²) in [4.78, 5) is 41.5. The fourth-order valence-electron chi connectivity index (χ4n) is 3.50. The van der Waals surface area contributed by atoms with Gasteiger partial charge in [0.05, 0.1) is 18.1 Å². The van der Waals surface area contributed by atoms with Gasteiger partial charge >= 0.3 is 6.03 Å². The van der Waals surface area contributed by atoms with Crippen molar-refractivity contribution in [3.63, 3.8) is 0 Å². The molecule has 0 bridgehead atoms. The summed E-state index contributed by atoms with van der Waals surface area (Å²) < 4.78 is 0. The van der Waals surface area contributed by atoms with Crippen molar-refractivity contribution in [3.05, 3.63) is 35.9 Å². The first-order valence-corrected chi connectivity index (χ1v) is 7.80. The highest BCUT2D eigenvalue weighted by Gasteiger charge is 2.57. The molecule has 0 aromatic heterocycles. The van der Waals surface area contributed by atoms with Crippen LogP contribution in [0.1, 0.15) is 32.4 Å². The van der Waals surface area contributed by atoms with Gasteiger partial charge in [-0.05, 0) is 19.4 Å². The van der Waals surface area contributed by atoms with Gasteiger partial charge in [0.2, 0.25) is 5.91 Å². The van der Waals surface area contributed by atoms with Gasteiger partial charge in [-0.3, -0.25) is 14.5 Å². The van der Waals surface area contributed by atoms with Crippen molar-refractivity contribution in [2.24, 2.45) is 0 Å². The summed E-state index contributed by atoms with van der Waals surface area (Å²) in [6.07, 6.45) is 0. The Balaban J connectivity index is 1.94. The van der Waals surface area contributed by atoms with Gasteiger partial charge in [0.1, 0.15) is 6.04 Å². The SMILES string of the molecule is CC(=O)N1[C@@H](C)[C@@H]1C(=O)N1C(=O)N(C)[C@@H](C)[C@H]1c1ccccc1. The summed E-state index contributed by atoms with van der Waals surface area (Å²) in [5.41, 5.74) is 0.925. The van der Waals surface area contributed by atoms with Gasteiger partial charge < -0.3 is 9.80 Å². The van der Waals surface area contributed by atoms with Crippen LogP contribution >= 0.6 is 0 Å². The Hall–Kier alpha value is -2.37. The summed E-state index contributed by atoms with van der Waals surface area (Å²) >= 11 is 0. The first-order chi connectivity index (χ1) is 10.9. The van der Waals surface area contributed by atoms with Crippen LogP contribution in [0.15, 0.2) is 30.3 Å². The van der Waals surface area contributed by atoms with Crippen LogP contribution in [0, 0.1) is 0 Å². The molecule has 0 unspecified atom stereocenters. The van der Waals surface area contributed by atoms with E-state index in [0.717, 1.165) is 5.56 Å². The molecule has 23 heavy (non-hydrogen) atoms. The van der Waals surface area contributed by atoms with Gasteiger partial charge in [0, 0.05) is 14.0 Å². The molecule has 0 N–H and O–H groups in total. The quantitative estimate of drug-likeness (QED) is 0.779. The number of carbonyl (C=O) groups excluding carboxylic acids is 3. The summed E-state index contributed by atoms with van der Waals surface area (Å²) in [6, 6.07) is 8.12. The van der Waals surface area contributed by atoms with Gasteiger partial charge in [0.25, 0.3) is 5.91 Å². The van der Waals surface area contributed by atoms with E-state index in [-0.39, 0.29) is 36.0 Å². The van der Waals surface area contributed by atoms with Crippen LogP contribution < -0.4 is 0 Å². The summed E-state index contributed by atoms with van der Waals surface area (Å²) in [7, 11) is 1.70. The Labute approximate surface area is 135 Å². The Kier molecular flexibility index (Phi) is 3.62. The minimum Gasteiger partial charge on any atom is -0.323 e. The van der Waals surface area contributed by atoms with E-state index in [1.807, 2.05) is 44.2 Å². The Morgan fingerprint density at radius 1 is 1.04 bits per heavy atom. The van der Waals surface area contributed by atoms with E-state index >= 15 is 0 Å². The van der Waals surface area contributed by atoms with Crippen molar-refractivity contribution in [1.29, 1.82) is 0 Å². The molecular weight excluding hydrogens is 294 g/mol. The van der Waals surface area contributed by atoms with Crippen LogP contribution in [0.2, 0.25) is 0 Å². The minimum atomic E-state index is -0.527. The van der Waals surface area contributed by atoms with E-state index in [9.17, 15) is 14.4 Å². The van der Waals surface area contributed by atoms with Crippen molar-refractivity contribution in [1.82, 2.24) is 14.7 Å². The van der Waals surface area contributed by atoms with E-state index < -0.39 is 6.04 Å². The van der Waals surface area contributed by atoms with E-state index in [0.29, 0.717) is 0 Å². The number of hydrogen-bond donors (Lipinski definition) is 0. The zero-order valence-electron chi connectivity index (χ0n) is 13.8. The summed E-state index contributed by atoms with van der Waals surface area (Å²) in [5.74, 6) is -0.428. The standard InChI is InChI=1S/C17H21N3O3/c1-10-14(13-8-6-5-7-9-13)20(17(23)18(10)4)16(22)15-11(2)19(15)12(3)21/h5-11,14-15H,1-4H3/t10-,11-,14-,15+,19?/m0/s1. The number of likely N-dealkylation sites (N-methyl/N-ethyl adjacent to an activating group) is 1. The molecule has 0 saturated carbocycles. The predicted octanol–water partition coefficient (Wildman–Crippen LogP) is 1.63. The van der Waals surface area contributed by atoms with Crippen LogP contribution in [0.25, 0.3) is 0 Å². The first-order valence-electron chi connectivity index (χ1n) is 7.80. The Morgan fingerprint density at radius 2 is 1.65 bits per heavy atom. The molecule has 2 heterocycles. The van der Waals surface area contributed by atoms with Crippen LogP contribution in [0.5, 0.6) is 0 Å². The largest absolute Gasteiger partial charge is 0.327 e. The zero-order valence-corrected chi connectivity index (χ0v) is 13.8. The molecule has 4 atom stereocenters. The smallest absolute Gasteiger partial charge is 0.323 e. The topological polar surface area (TPSA) is 60.7 Å². The number of imide groups is 1. The summed E-state index contributed by atoms with van der Waals surface area (Å²) in [5, 5.41) is 0. The van der Waals surface area contributed by atoms with Gasteiger partial charge in [0.15, 0.2) is 0 Å². The molecule has 2 aliphatic heterocycles. The zero-order chi connectivity index (χ0) is 16.9. The van der Waals surface area contributed by atoms with Crippen LogP contribution in [-0.4, -0.2) is 57.7 Å². The molecule has 122 valence electrons. The molecule has 3 rings (SSSR count). The third kappa shape index (κ3) is 2.29. The van der Waals surface area contributed by atoms with Gasteiger partial charge in [-0.1, -0.05) is 30.3 Å². The van der Waals surface area contributed by atoms with E-state index in [4.69, 9.17) is 0 Å². The molecule has 2 aliphatic rings. The van der Waals surface area contributed by atoms with Gasteiger partial charge in [-0.15, -0.1) is 0 Å². The Morgan fingerprint density at radius 3 is 2.17 bits per heavy atom. The fourth-order valence-corrected chi connectivity index (χ4v) is 3.50. The fraction of sp³-hybridized carbons (Fsp3) is 0.471. The predicted molar refractivity (Wildman–Crippen MR) is 84.4 cm³/mol. The monoisotopic (exact) mass is 315 g/mol. The van der Waals surface area contributed by atoms with E-state index in [2.05, 4.69) is 0 Å². The number of hydrogen-bond acceptors (Lipinski definition) is 3. The van der Waals surface area contributed by atoms with E-state index in [1.54, 1.807) is 11.9 Å². The third-order valence-electron chi connectivity index (χ3n) is 4.95. The molecule has 1 aromatic rings. The molecule has 1 aromatic carbocycles. The Bertz CT molecular complexity index is 660. The van der Waals surface area contributed by atoms with Crippen LogP contribution in [0.3, 0.4) is 0 Å². The maximum Gasteiger partial charge on any atom is 0.327 e. The molecule has 2 fully saturated rings. The second kappa shape index (κ2) is 5.37. The average molecular weight is 315 g/mol. The maximum absolute atomic E-state index is 12.9. The van der Waals surface area contributed by atoms with Crippen LogP contribution in [-0.2, 0) is 9.59 Å². The van der Waals surface area contributed by atoms with Crippen molar-refractivity contribution in [2.45, 2.75) is 44.9 Å².